The highest BCUT2D eigenvalue weighted by Gasteiger charge is 2.25. The minimum Gasteiger partial charge on any atom is -0.465 e. The van der Waals surface area contributed by atoms with Gasteiger partial charge in [-0.25, -0.2) is 18.2 Å². The van der Waals surface area contributed by atoms with Crippen LogP contribution >= 0.6 is 11.3 Å². The lowest BCUT2D eigenvalue weighted by molar-refractivity contribution is 0.0605. The van der Waals surface area contributed by atoms with Crippen LogP contribution in [-0.2, 0) is 14.8 Å². The van der Waals surface area contributed by atoms with E-state index in [0.29, 0.717) is 29.2 Å². The predicted molar refractivity (Wildman–Crippen MR) is 107 cm³/mol. The summed E-state index contributed by atoms with van der Waals surface area (Å²) >= 11 is 0.996. The molecule has 0 spiro atoms. The largest absolute Gasteiger partial charge is 0.465 e. The van der Waals surface area contributed by atoms with Crippen molar-refractivity contribution in [2.24, 2.45) is 0 Å². The number of sulfonamides is 1. The molecule has 152 valence electrons. The summed E-state index contributed by atoms with van der Waals surface area (Å²) in [5.74, 6) is -1.04. The molecule has 1 amide bonds. The van der Waals surface area contributed by atoms with Crippen molar-refractivity contribution in [3.63, 3.8) is 0 Å². The maximum absolute atomic E-state index is 12.8. The lowest BCUT2D eigenvalue weighted by Crippen LogP contribution is -2.31. The lowest BCUT2D eigenvalue weighted by Gasteiger charge is -2.20. The van der Waals surface area contributed by atoms with Crippen LogP contribution in [-0.4, -0.2) is 49.8 Å². The second-order valence-electron chi connectivity index (χ2n) is 5.95. The molecule has 0 atom stereocenters. The Balaban J connectivity index is 2.34. The van der Waals surface area contributed by atoms with E-state index in [-0.39, 0.29) is 15.6 Å². The van der Waals surface area contributed by atoms with Gasteiger partial charge in [0.15, 0.2) is 5.13 Å². The van der Waals surface area contributed by atoms with E-state index in [2.05, 4.69) is 15.0 Å². The van der Waals surface area contributed by atoms with Gasteiger partial charge in [0.2, 0.25) is 10.0 Å². The van der Waals surface area contributed by atoms with E-state index >= 15 is 0 Å². The molecule has 0 unspecified atom stereocenters. The molecule has 1 aromatic carbocycles. The average Bonchev–Trinajstić information content (AvgIpc) is 3.02. The number of nitrogens with one attached hydrogen (secondary N) is 1. The molecule has 0 fully saturated rings. The Hall–Kier alpha value is -2.30. The molecule has 0 aliphatic rings. The molecule has 2 rings (SSSR count). The Kier molecular flexibility index (Phi) is 6.91. The second kappa shape index (κ2) is 8.80. The summed E-state index contributed by atoms with van der Waals surface area (Å²) in [6.45, 7) is 7.52. The summed E-state index contributed by atoms with van der Waals surface area (Å²) in [6.07, 6.45) is 0. The molecule has 10 heteroatoms. The molecule has 1 heterocycles. The Morgan fingerprint density at radius 2 is 1.86 bits per heavy atom. The summed E-state index contributed by atoms with van der Waals surface area (Å²) in [6, 6.07) is 4.51. The number of aromatic nitrogens is 1. The van der Waals surface area contributed by atoms with E-state index in [9.17, 15) is 18.0 Å². The highest BCUT2D eigenvalue weighted by molar-refractivity contribution is 7.89. The number of thiazole rings is 1. The molecule has 8 nitrogen and oxygen atoms in total. The van der Waals surface area contributed by atoms with Crippen LogP contribution in [0.3, 0.4) is 0 Å². The first-order valence-electron chi connectivity index (χ1n) is 8.63. The Labute approximate surface area is 168 Å². The molecule has 28 heavy (non-hydrogen) atoms. The highest BCUT2D eigenvalue weighted by Crippen LogP contribution is 2.25. The van der Waals surface area contributed by atoms with Gasteiger partial charge in [0.1, 0.15) is 4.88 Å². The number of nitrogens with zero attached hydrogens (tertiary/aromatic N) is 2. The van der Waals surface area contributed by atoms with Crippen LogP contribution in [0.2, 0.25) is 0 Å². The number of benzene rings is 1. The molecule has 0 saturated carbocycles. The zero-order chi connectivity index (χ0) is 21.1. The normalized spacial score (nSPS) is 11.5. The van der Waals surface area contributed by atoms with Gasteiger partial charge in [0.25, 0.3) is 5.91 Å². The molecule has 1 aromatic heterocycles. The third-order valence-corrected chi connectivity index (χ3v) is 7.41. The number of rotatable bonds is 7. The number of hydrogen-bond donors (Lipinski definition) is 1. The van der Waals surface area contributed by atoms with Crippen LogP contribution in [0.5, 0.6) is 0 Å². The van der Waals surface area contributed by atoms with Crippen LogP contribution in [0, 0.1) is 13.8 Å². The molecular weight excluding hydrogens is 402 g/mol. The SMILES string of the molecule is CCN(CC)S(=O)(=O)c1cc(C(=O)Nc2nc(C)c(C(=O)OC)s2)ccc1C. The monoisotopic (exact) mass is 425 g/mol. The van der Waals surface area contributed by atoms with E-state index in [1.807, 2.05) is 0 Å². The summed E-state index contributed by atoms with van der Waals surface area (Å²) in [5, 5.41) is 2.84. The standard InChI is InChI=1S/C18H23N3O5S2/c1-6-21(7-2)28(24,25)14-10-13(9-8-11(14)3)16(22)20-18-19-12(4)15(27-18)17(23)26-5/h8-10H,6-7H2,1-5H3,(H,19,20,22). The summed E-state index contributed by atoms with van der Waals surface area (Å²) in [7, 11) is -2.43. The first kappa shape index (κ1) is 22.0. The lowest BCUT2D eigenvalue weighted by atomic mass is 10.1. The fourth-order valence-electron chi connectivity index (χ4n) is 2.62. The molecule has 0 aliphatic heterocycles. The minimum absolute atomic E-state index is 0.0921. The molecule has 0 saturated heterocycles. The highest BCUT2D eigenvalue weighted by atomic mass is 32.2. The van der Waals surface area contributed by atoms with Crippen molar-refractivity contribution >= 4 is 38.4 Å². The number of esters is 1. The average molecular weight is 426 g/mol. The Morgan fingerprint density at radius 1 is 1.21 bits per heavy atom. The quantitative estimate of drug-likeness (QED) is 0.684. The number of methoxy groups -OCH3 is 1. The van der Waals surface area contributed by atoms with Crippen LogP contribution < -0.4 is 5.32 Å². The molecule has 0 radical (unpaired) electrons. The van der Waals surface area contributed by atoms with Crippen LogP contribution in [0.25, 0.3) is 0 Å². The van der Waals surface area contributed by atoms with Crippen molar-refractivity contribution in [2.75, 3.05) is 25.5 Å². The molecular formula is C18H23N3O5S2. The van der Waals surface area contributed by atoms with Gasteiger partial charge in [-0.05, 0) is 31.5 Å². The van der Waals surface area contributed by atoms with E-state index in [4.69, 9.17) is 0 Å². The van der Waals surface area contributed by atoms with Crippen LogP contribution in [0.4, 0.5) is 5.13 Å². The number of ether oxygens (including phenoxy) is 1. The van der Waals surface area contributed by atoms with E-state index in [1.165, 1.54) is 17.5 Å². The number of carbonyl (C=O) groups is 2. The molecule has 2 aromatic rings. The van der Waals surface area contributed by atoms with Crippen molar-refractivity contribution in [1.29, 1.82) is 0 Å². The van der Waals surface area contributed by atoms with Crippen molar-refractivity contribution in [3.8, 4) is 0 Å². The minimum atomic E-state index is -3.70. The molecule has 0 bridgehead atoms. The van der Waals surface area contributed by atoms with Crippen LogP contribution in [0.1, 0.15) is 45.1 Å². The van der Waals surface area contributed by atoms with Crippen molar-refractivity contribution in [2.45, 2.75) is 32.6 Å². The van der Waals surface area contributed by atoms with Gasteiger partial charge in [0.05, 0.1) is 17.7 Å². The summed E-state index contributed by atoms with van der Waals surface area (Å²) < 4.78 is 31.7. The molecule has 1 N–H and O–H groups in total. The van der Waals surface area contributed by atoms with Gasteiger partial charge in [-0.3, -0.25) is 10.1 Å². The fraction of sp³-hybridized carbons (Fsp3) is 0.389. The van der Waals surface area contributed by atoms with Crippen LogP contribution in [0.15, 0.2) is 23.1 Å². The van der Waals surface area contributed by atoms with Gasteiger partial charge in [-0.15, -0.1) is 0 Å². The topological polar surface area (TPSA) is 106 Å². The van der Waals surface area contributed by atoms with Crippen molar-refractivity contribution in [3.05, 3.63) is 39.9 Å². The van der Waals surface area contributed by atoms with Gasteiger partial charge in [0, 0.05) is 18.7 Å². The van der Waals surface area contributed by atoms with Crippen molar-refractivity contribution in [1.82, 2.24) is 9.29 Å². The van der Waals surface area contributed by atoms with E-state index < -0.39 is 21.9 Å². The number of anilines is 1. The Morgan fingerprint density at radius 3 is 2.43 bits per heavy atom. The first-order valence-corrected chi connectivity index (χ1v) is 10.9. The number of aryl methyl sites for hydroxylation is 2. The zero-order valence-electron chi connectivity index (χ0n) is 16.4. The second-order valence-corrected chi connectivity index (χ2v) is 8.85. The predicted octanol–water partition coefficient (Wildman–Crippen LogP) is 2.83. The summed E-state index contributed by atoms with van der Waals surface area (Å²) in [5.41, 5.74) is 1.19. The van der Waals surface area contributed by atoms with Gasteiger partial charge in [-0.2, -0.15) is 4.31 Å². The van der Waals surface area contributed by atoms with E-state index in [0.717, 1.165) is 11.3 Å². The number of carbonyl (C=O) groups excluding carboxylic acids is 2. The Bertz CT molecular complexity index is 995. The van der Waals surface area contributed by atoms with Gasteiger partial charge >= 0.3 is 5.97 Å². The van der Waals surface area contributed by atoms with E-state index in [1.54, 1.807) is 39.8 Å². The zero-order valence-corrected chi connectivity index (χ0v) is 18.0. The smallest absolute Gasteiger partial charge is 0.350 e. The fourth-order valence-corrected chi connectivity index (χ4v) is 5.21. The van der Waals surface area contributed by atoms with Crippen molar-refractivity contribution < 1.29 is 22.7 Å². The summed E-state index contributed by atoms with van der Waals surface area (Å²) in [4.78, 5) is 28.8. The van der Waals surface area contributed by atoms with Gasteiger partial charge in [-0.1, -0.05) is 31.3 Å². The first-order chi connectivity index (χ1) is 13.1. The van der Waals surface area contributed by atoms with Gasteiger partial charge < -0.3 is 4.74 Å². The molecule has 0 aliphatic carbocycles. The number of amides is 1. The third-order valence-electron chi connectivity index (χ3n) is 4.16. The number of hydrogen-bond acceptors (Lipinski definition) is 7. The maximum atomic E-state index is 12.8. The third kappa shape index (κ3) is 4.40. The maximum Gasteiger partial charge on any atom is 0.350 e.